The van der Waals surface area contributed by atoms with Crippen molar-refractivity contribution in [2.24, 2.45) is 10.9 Å². The minimum absolute atomic E-state index is 0.469. The summed E-state index contributed by atoms with van der Waals surface area (Å²) in [5, 5.41) is 10.6. The van der Waals surface area contributed by atoms with Crippen LogP contribution in [-0.4, -0.2) is 49.7 Å². The molecule has 7 heteroatoms. The van der Waals surface area contributed by atoms with Crippen LogP contribution in [0.4, 0.5) is 10.8 Å². The maximum Gasteiger partial charge on any atom is 0.191 e. The third-order valence-electron chi connectivity index (χ3n) is 6.33. The van der Waals surface area contributed by atoms with E-state index in [1.165, 1.54) is 17.8 Å². The van der Waals surface area contributed by atoms with Gasteiger partial charge in [0.05, 0.1) is 11.5 Å². The van der Waals surface area contributed by atoms with Crippen LogP contribution in [0.15, 0.2) is 40.8 Å². The monoisotopic (exact) mass is 440 g/mol. The van der Waals surface area contributed by atoms with E-state index in [1.54, 1.807) is 0 Å². The Labute approximate surface area is 190 Å². The molecule has 6 nitrogen and oxygen atoms in total. The number of rotatable bonds is 6. The zero-order valence-electron chi connectivity index (χ0n) is 18.9. The third-order valence-corrected chi connectivity index (χ3v) is 7.26. The van der Waals surface area contributed by atoms with Crippen LogP contribution >= 0.6 is 11.3 Å². The highest BCUT2D eigenvalue weighted by atomic mass is 32.1. The summed E-state index contributed by atoms with van der Waals surface area (Å²) in [4.78, 5) is 14.4. The van der Waals surface area contributed by atoms with Gasteiger partial charge in [-0.1, -0.05) is 13.0 Å². The van der Waals surface area contributed by atoms with Crippen molar-refractivity contribution in [3.05, 3.63) is 41.4 Å². The molecule has 0 saturated carbocycles. The second-order valence-corrected chi connectivity index (χ2v) is 9.67. The van der Waals surface area contributed by atoms with E-state index in [1.807, 2.05) is 17.5 Å². The molecule has 2 saturated heterocycles. The molecule has 168 valence electrons. The molecular weight excluding hydrogens is 404 g/mol. The SMILES string of the molecule is CCNC(=NCc1ccc(N2CCC(C)CC2)nc1)NC1CCN(c2cccs2)CC1. The number of piperidine rings is 2. The number of nitrogens with zero attached hydrogens (tertiary/aromatic N) is 4. The molecule has 2 N–H and O–H groups in total. The molecule has 4 heterocycles. The molecular formula is C24H36N6S. The van der Waals surface area contributed by atoms with E-state index < -0.39 is 0 Å². The van der Waals surface area contributed by atoms with Gasteiger partial charge < -0.3 is 20.4 Å². The maximum absolute atomic E-state index is 4.83. The Bertz CT molecular complexity index is 803. The smallest absolute Gasteiger partial charge is 0.191 e. The highest BCUT2D eigenvalue weighted by Crippen LogP contribution is 2.25. The minimum atomic E-state index is 0.469. The zero-order valence-corrected chi connectivity index (χ0v) is 19.7. The molecule has 0 bridgehead atoms. The molecule has 2 aromatic heterocycles. The van der Waals surface area contributed by atoms with E-state index in [-0.39, 0.29) is 0 Å². The standard InChI is InChI=1S/C24H36N6S/c1-3-25-24(28-21-10-14-30(15-11-21)23-5-4-16-31-23)27-18-20-6-7-22(26-17-20)29-12-8-19(2)9-13-29/h4-7,16-17,19,21H,3,8-15,18H2,1-2H3,(H2,25,27,28). The van der Waals surface area contributed by atoms with Gasteiger partial charge >= 0.3 is 0 Å². The van der Waals surface area contributed by atoms with Gasteiger partial charge in [0.2, 0.25) is 0 Å². The molecule has 4 rings (SSSR count). The van der Waals surface area contributed by atoms with Gasteiger partial charge in [-0.15, -0.1) is 11.3 Å². The van der Waals surface area contributed by atoms with Gasteiger partial charge in [0.1, 0.15) is 5.82 Å². The molecule has 2 aliphatic rings. The number of pyridine rings is 1. The first-order chi connectivity index (χ1) is 15.2. The summed E-state index contributed by atoms with van der Waals surface area (Å²) in [6.45, 7) is 10.4. The number of hydrogen-bond acceptors (Lipinski definition) is 5. The van der Waals surface area contributed by atoms with Crippen molar-refractivity contribution in [2.45, 2.75) is 52.1 Å². The Morgan fingerprint density at radius 2 is 1.87 bits per heavy atom. The van der Waals surface area contributed by atoms with Gasteiger partial charge in [0, 0.05) is 45.0 Å². The van der Waals surface area contributed by atoms with Gasteiger partial charge in [-0.05, 0) is 67.7 Å². The number of anilines is 2. The average Bonchev–Trinajstić information content (AvgIpc) is 3.34. The molecule has 2 fully saturated rings. The first-order valence-electron chi connectivity index (χ1n) is 11.7. The Morgan fingerprint density at radius 3 is 2.52 bits per heavy atom. The van der Waals surface area contributed by atoms with E-state index in [0.717, 1.165) is 68.8 Å². The van der Waals surface area contributed by atoms with Gasteiger partial charge in [0.15, 0.2) is 5.96 Å². The maximum atomic E-state index is 4.83. The van der Waals surface area contributed by atoms with E-state index in [4.69, 9.17) is 9.98 Å². The summed E-state index contributed by atoms with van der Waals surface area (Å²) in [7, 11) is 0. The van der Waals surface area contributed by atoms with Crippen LogP contribution in [0.3, 0.4) is 0 Å². The van der Waals surface area contributed by atoms with Gasteiger partial charge in [0.25, 0.3) is 0 Å². The molecule has 31 heavy (non-hydrogen) atoms. The van der Waals surface area contributed by atoms with Crippen LogP contribution in [0.2, 0.25) is 0 Å². The molecule has 0 spiro atoms. The lowest BCUT2D eigenvalue weighted by Crippen LogP contribution is -2.48. The largest absolute Gasteiger partial charge is 0.363 e. The normalized spacial score (nSPS) is 19.0. The number of aliphatic imine (C=N–C) groups is 1. The van der Waals surface area contributed by atoms with E-state index in [9.17, 15) is 0 Å². The van der Waals surface area contributed by atoms with Gasteiger partial charge in [-0.25, -0.2) is 9.98 Å². The van der Waals surface area contributed by atoms with E-state index >= 15 is 0 Å². The van der Waals surface area contributed by atoms with Crippen molar-refractivity contribution in [3.8, 4) is 0 Å². The predicted octanol–water partition coefficient (Wildman–Crippen LogP) is 4.10. The number of thiophene rings is 1. The highest BCUT2D eigenvalue weighted by molar-refractivity contribution is 7.14. The Morgan fingerprint density at radius 1 is 1.10 bits per heavy atom. The zero-order chi connectivity index (χ0) is 21.5. The van der Waals surface area contributed by atoms with Gasteiger partial charge in [-0.3, -0.25) is 0 Å². The van der Waals surface area contributed by atoms with Crippen LogP contribution in [0.5, 0.6) is 0 Å². The summed E-state index contributed by atoms with van der Waals surface area (Å²) in [6.07, 6.45) is 6.77. The molecule has 0 unspecified atom stereocenters. The summed E-state index contributed by atoms with van der Waals surface area (Å²) in [6, 6.07) is 9.15. The lowest BCUT2D eigenvalue weighted by molar-refractivity contribution is 0.436. The second kappa shape index (κ2) is 10.8. The van der Waals surface area contributed by atoms with Crippen LogP contribution in [0.1, 0.15) is 45.1 Å². The minimum Gasteiger partial charge on any atom is -0.363 e. The third kappa shape index (κ3) is 6.12. The van der Waals surface area contributed by atoms with Crippen LogP contribution in [0.25, 0.3) is 0 Å². The number of hydrogen-bond donors (Lipinski definition) is 2. The van der Waals surface area contributed by atoms with Crippen LogP contribution in [-0.2, 0) is 6.54 Å². The summed E-state index contributed by atoms with van der Waals surface area (Å²) in [5.74, 6) is 2.85. The number of nitrogens with one attached hydrogen (secondary N) is 2. The average molecular weight is 441 g/mol. The molecule has 2 aliphatic heterocycles. The lowest BCUT2D eigenvalue weighted by Gasteiger charge is -2.33. The lowest BCUT2D eigenvalue weighted by atomic mass is 9.99. The number of aromatic nitrogens is 1. The van der Waals surface area contributed by atoms with Crippen molar-refractivity contribution < 1.29 is 0 Å². The second-order valence-electron chi connectivity index (χ2n) is 8.75. The topological polar surface area (TPSA) is 55.8 Å². The summed E-state index contributed by atoms with van der Waals surface area (Å²) in [5.41, 5.74) is 1.15. The molecule has 0 amide bonds. The van der Waals surface area contributed by atoms with Crippen molar-refractivity contribution in [1.29, 1.82) is 0 Å². The fourth-order valence-corrected chi connectivity index (χ4v) is 5.10. The summed E-state index contributed by atoms with van der Waals surface area (Å²) < 4.78 is 0. The van der Waals surface area contributed by atoms with Crippen LogP contribution in [0, 0.1) is 5.92 Å². The van der Waals surface area contributed by atoms with Crippen molar-refractivity contribution >= 4 is 28.1 Å². The van der Waals surface area contributed by atoms with Crippen molar-refractivity contribution in [2.75, 3.05) is 42.5 Å². The quantitative estimate of drug-likeness (QED) is 0.523. The predicted molar refractivity (Wildman–Crippen MR) is 132 cm³/mol. The molecule has 0 radical (unpaired) electrons. The molecule has 2 aromatic rings. The molecule has 0 atom stereocenters. The Balaban J connectivity index is 1.28. The van der Waals surface area contributed by atoms with Crippen molar-refractivity contribution in [1.82, 2.24) is 15.6 Å². The Kier molecular flexibility index (Phi) is 7.67. The fraction of sp³-hybridized carbons (Fsp3) is 0.583. The van der Waals surface area contributed by atoms with E-state index in [0.29, 0.717) is 12.6 Å². The number of guanidine groups is 1. The molecule has 0 aromatic carbocycles. The van der Waals surface area contributed by atoms with Crippen molar-refractivity contribution in [3.63, 3.8) is 0 Å². The van der Waals surface area contributed by atoms with Crippen LogP contribution < -0.4 is 20.4 Å². The molecule has 0 aliphatic carbocycles. The van der Waals surface area contributed by atoms with Gasteiger partial charge in [-0.2, -0.15) is 0 Å². The van der Waals surface area contributed by atoms with E-state index in [2.05, 4.69) is 63.9 Å². The highest BCUT2D eigenvalue weighted by Gasteiger charge is 2.21. The first kappa shape index (κ1) is 21.9. The fourth-order valence-electron chi connectivity index (χ4n) is 4.31. The first-order valence-corrected chi connectivity index (χ1v) is 12.6. The Hall–Kier alpha value is -2.28. The summed E-state index contributed by atoms with van der Waals surface area (Å²) >= 11 is 1.83.